The summed E-state index contributed by atoms with van der Waals surface area (Å²) < 4.78 is 0. The molecule has 1 fully saturated rings. The van der Waals surface area contributed by atoms with Gasteiger partial charge in [-0.25, -0.2) is 5.90 Å². The van der Waals surface area contributed by atoms with E-state index in [9.17, 15) is 0 Å². The monoisotopic (exact) mass is 166 g/mol. The SMILES string of the molecule is CN1CCCC(ON)C1.Cl. The molecule has 3 nitrogen and oxygen atoms in total. The molecule has 1 saturated heterocycles. The van der Waals surface area contributed by atoms with Gasteiger partial charge in [0, 0.05) is 6.54 Å². The molecule has 0 aromatic rings. The highest BCUT2D eigenvalue weighted by Crippen LogP contribution is 2.08. The number of halogens is 1. The lowest BCUT2D eigenvalue weighted by Crippen LogP contribution is -2.38. The Labute approximate surface area is 67.9 Å². The third kappa shape index (κ3) is 2.84. The Bertz CT molecular complexity index is 91.8. The van der Waals surface area contributed by atoms with Crippen molar-refractivity contribution >= 4 is 12.4 Å². The third-order valence-electron chi connectivity index (χ3n) is 1.77. The summed E-state index contributed by atoms with van der Waals surface area (Å²) in [5.41, 5.74) is 0. The fourth-order valence-corrected chi connectivity index (χ4v) is 1.23. The van der Waals surface area contributed by atoms with Gasteiger partial charge in [0.2, 0.25) is 0 Å². The van der Waals surface area contributed by atoms with E-state index in [-0.39, 0.29) is 18.5 Å². The first-order valence-electron chi connectivity index (χ1n) is 3.37. The lowest BCUT2D eigenvalue weighted by Gasteiger charge is -2.27. The van der Waals surface area contributed by atoms with Crippen LogP contribution in [-0.4, -0.2) is 31.1 Å². The van der Waals surface area contributed by atoms with Gasteiger partial charge < -0.3 is 4.90 Å². The molecule has 0 saturated carbocycles. The molecule has 10 heavy (non-hydrogen) atoms. The number of nitrogens with two attached hydrogens (primary N) is 1. The van der Waals surface area contributed by atoms with Crippen LogP contribution in [0.15, 0.2) is 0 Å². The predicted octanol–water partition coefficient (Wildman–Crippen LogP) is 0.393. The van der Waals surface area contributed by atoms with E-state index in [0.29, 0.717) is 0 Å². The molecular formula is C6H15ClN2O. The molecule has 0 spiro atoms. The highest BCUT2D eigenvalue weighted by atomic mass is 35.5. The Morgan fingerprint density at radius 1 is 1.60 bits per heavy atom. The van der Waals surface area contributed by atoms with Crippen LogP contribution >= 0.6 is 12.4 Å². The largest absolute Gasteiger partial charge is 0.304 e. The van der Waals surface area contributed by atoms with E-state index < -0.39 is 0 Å². The Morgan fingerprint density at radius 3 is 2.70 bits per heavy atom. The number of hydrogen-bond donors (Lipinski definition) is 1. The number of nitrogens with zero attached hydrogens (tertiary/aromatic N) is 1. The molecule has 1 unspecified atom stereocenters. The molecule has 1 rings (SSSR count). The number of likely N-dealkylation sites (N-methyl/N-ethyl adjacent to an activating group) is 1. The van der Waals surface area contributed by atoms with Crippen LogP contribution in [0, 0.1) is 0 Å². The number of rotatable bonds is 1. The van der Waals surface area contributed by atoms with E-state index in [2.05, 4.69) is 11.9 Å². The molecule has 1 heterocycles. The first-order chi connectivity index (χ1) is 4.33. The second-order valence-corrected chi connectivity index (χ2v) is 2.66. The molecule has 0 aromatic carbocycles. The smallest absolute Gasteiger partial charge is 0.0914 e. The molecule has 62 valence electrons. The maximum absolute atomic E-state index is 5.04. The molecule has 0 amide bonds. The number of hydrogen-bond acceptors (Lipinski definition) is 3. The van der Waals surface area contributed by atoms with Gasteiger partial charge in [-0.2, -0.15) is 0 Å². The fourth-order valence-electron chi connectivity index (χ4n) is 1.23. The highest BCUT2D eigenvalue weighted by Gasteiger charge is 2.15. The molecule has 0 radical (unpaired) electrons. The van der Waals surface area contributed by atoms with Gasteiger partial charge in [0.1, 0.15) is 0 Å². The first kappa shape index (κ1) is 10.2. The summed E-state index contributed by atoms with van der Waals surface area (Å²) >= 11 is 0. The zero-order valence-electron chi connectivity index (χ0n) is 6.25. The van der Waals surface area contributed by atoms with Crippen LogP contribution in [0.3, 0.4) is 0 Å². The Balaban J connectivity index is 0.000000810. The fraction of sp³-hybridized carbons (Fsp3) is 1.00. The maximum atomic E-state index is 5.04. The van der Waals surface area contributed by atoms with Crippen LogP contribution in [0.1, 0.15) is 12.8 Å². The van der Waals surface area contributed by atoms with Crippen LogP contribution in [-0.2, 0) is 4.84 Å². The molecule has 0 aromatic heterocycles. The lowest BCUT2D eigenvalue weighted by atomic mass is 10.1. The van der Waals surface area contributed by atoms with E-state index in [1.54, 1.807) is 0 Å². The van der Waals surface area contributed by atoms with E-state index in [1.165, 1.54) is 13.0 Å². The van der Waals surface area contributed by atoms with Gasteiger partial charge in [-0.1, -0.05) is 0 Å². The Morgan fingerprint density at radius 2 is 2.30 bits per heavy atom. The van der Waals surface area contributed by atoms with Crippen molar-refractivity contribution in [1.82, 2.24) is 4.90 Å². The maximum Gasteiger partial charge on any atom is 0.0914 e. The average molecular weight is 167 g/mol. The van der Waals surface area contributed by atoms with E-state index in [4.69, 9.17) is 10.7 Å². The van der Waals surface area contributed by atoms with Crippen molar-refractivity contribution < 1.29 is 4.84 Å². The normalized spacial score (nSPS) is 27.6. The minimum Gasteiger partial charge on any atom is -0.304 e. The van der Waals surface area contributed by atoms with Gasteiger partial charge in [-0.3, -0.25) is 4.84 Å². The van der Waals surface area contributed by atoms with Crippen LogP contribution in [0.2, 0.25) is 0 Å². The van der Waals surface area contributed by atoms with Crippen molar-refractivity contribution in [2.45, 2.75) is 18.9 Å². The zero-order valence-corrected chi connectivity index (χ0v) is 7.06. The average Bonchev–Trinajstić information content (AvgIpc) is 1.88. The van der Waals surface area contributed by atoms with Gasteiger partial charge >= 0.3 is 0 Å². The lowest BCUT2D eigenvalue weighted by molar-refractivity contribution is 0.00555. The van der Waals surface area contributed by atoms with Gasteiger partial charge in [-0.15, -0.1) is 12.4 Å². The Kier molecular flexibility index (Phi) is 4.99. The standard InChI is InChI=1S/C6H14N2O.ClH/c1-8-4-2-3-6(5-8)9-7;/h6H,2-5,7H2,1H3;1H. The highest BCUT2D eigenvalue weighted by molar-refractivity contribution is 5.85. The van der Waals surface area contributed by atoms with Gasteiger partial charge in [0.05, 0.1) is 6.10 Å². The molecule has 1 aliphatic heterocycles. The first-order valence-corrected chi connectivity index (χ1v) is 3.37. The molecular weight excluding hydrogens is 152 g/mol. The summed E-state index contributed by atoms with van der Waals surface area (Å²) in [6.45, 7) is 2.16. The van der Waals surface area contributed by atoms with Crippen LogP contribution in [0.4, 0.5) is 0 Å². The van der Waals surface area contributed by atoms with E-state index in [1.807, 2.05) is 0 Å². The molecule has 1 atom stereocenters. The van der Waals surface area contributed by atoms with Crippen molar-refractivity contribution in [2.75, 3.05) is 20.1 Å². The topological polar surface area (TPSA) is 38.5 Å². The van der Waals surface area contributed by atoms with Gasteiger partial charge in [0.25, 0.3) is 0 Å². The minimum absolute atomic E-state index is 0. The quantitative estimate of drug-likeness (QED) is 0.573. The summed E-state index contributed by atoms with van der Waals surface area (Å²) in [7, 11) is 2.09. The van der Waals surface area contributed by atoms with Gasteiger partial charge in [0.15, 0.2) is 0 Å². The number of piperidine rings is 1. The van der Waals surface area contributed by atoms with Gasteiger partial charge in [-0.05, 0) is 26.4 Å². The summed E-state index contributed by atoms with van der Waals surface area (Å²) in [6.07, 6.45) is 2.59. The van der Waals surface area contributed by atoms with Crippen LogP contribution in [0.25, 0.3) is 0 Å². The number of likely N-dealkylation sites (tertiary alicyclic amines) is 1. The molecule has 1 aliphatic rings. The van der Waals surface area contributed by atoms with E-state index in [0.717, 1.165) is 13.0 Å². The summed E-state index contributed by atoms with van der Waals surface area (Å²) in [4.78, 5) is 6.96. The Hall–Kier alpha value is 0.170. The molecule has 4 heteroatoms. The molecule has 0 bridgehead atoms. The van der Waals surface area contributed by atoms with Crippen molar-refractivity contribution in [3.05, 3.63) is 0 Å². The third-order valence-corrected chi connectivity index (χ3v) is 1.77. The van der Waals surface area contributed by atoms with Crippen molar-refractivity contribution in [3.63, 3.8) is 0 Å². The summed E-state index contributed by atoms with van der Waals surface area (Å²) in [6, 6.07) is 0. The summed E-state index contributed by atoms with van der Waals surface area (Å²) in [5.74, 6) is 5.04. The van der Waals surface area contributed by atoms with Crippen molar-refractivity contribution in [3.8, 4) is 0 Å². The second kappa shape index (κ2) is 4.91. The summed E-state index contributed by atoms with van der Waals surface area (Å²) in [5, 5.41) is 0. The predicted molar refractivity (Wildman–Crippen MR) is 43.0 cm³/mol. The molecule has 2 N–H and O–H groups in total. The minimum atomic E-state index is 0. The molecule has 0 aliphatic carbocycles. The second-order valence-electron chi connectivity index (χ2n) is 2.66. The van der Waals surface area contributed by atoms with E-state index >= 15 is 0 Å². The van der Waals surface area contributed by atoms with Crippen LogP contribution < -0.4 is 5.90 Å². The van der Waals surface area contributed by atoms with Crippen LogP contribution in [0.5, 0.6) is 0 Å². The zero-order chi connectivity index (χ0) is 6.69. The van der Waals surface area contributed by atoms with Crippen molar-refractivity contribution in [2.24, 2.45) is 5.90 Å². The van der Waals surface area contributed by atoms with Crippen molar-refractivity contribution in [1.29, 1.82) is 0 Å².